The van der Waals surface area contributed by atoms with Gasteiger partial charge in [-0.05, 0) is 30.5 Å². The molecule has 3 aromatic heterocycles. The maximum absolute atomic E-state index is 6.15. The fraction of sp³-hybridized carbons (Fsp3) is 0.300. The summed E-state index contributed by atoms with van der Waals surface area (Å²) in [4.78, 5) is 8.58. The SMILES string of the molecule is COC[C@H]1C[C@H](n2nc(C#Cc3ccc4[nH]ncc4c3)c3c(N)ncnc32)CN1.Cl. The number of halogens is 1. The smallest absolute Gasteiger partial charge is 0.164 e. The fourth-order valence-corrected chi connectivity index (χ4v) is 3.80. The third-order valence-corrected chi connectivity index (χ3v) is 5.20. The number of nitrogens with one attached hydrogen (secondary N) is 2. The molecule has 1 saturated heterocycles. The minimum absolute atomic E-state index is 0. The Bertz CT molecular complexity index is 1250. The van der Waals surface area contributed by atoms with Gasteiger partial charge in [-0.2, -0.15) is 10.2 Å². The summed E-state index contributed by atoms with van der Waals surface area (Å²) >= 11 is 0. The van der Waals surface area contributed by atoms with Crippen molar-refractivity contribution in [3.05, 3.63) is 42.0 Å². The summed E-state index contributed by atoms with van der Waals surface area (Å²) in [5.74, 6) is 6.73. The van der Waals surface area contributed by atoms with E-state index < -0.39 is 0 Å². The Morgan fingerprint density at radius 3 is 3.07 bits per heavy atom. The second-order valence-corrected chi connectivity index (χ2v) is 7.12. The van der Waals surface area contributed by atoms with Gasteiger partial charge >= 0.3 is 0 Å². The van der Waals surface area contributed by atoms with Crippen LogP contribution in [0.15, 0.2) is 30.7 Å². The van der Waals surface area contributed by atoms with Gasteiger partial charge in [0.05, 0.1) is 29.7 Å². The van der Waals surface area contributed by atoms with Crippen LogP contribution < -0.4 is 11.1 Å². The van der Waals surface area contributed by atoms with Crippen LogP contribution in [0.2, 0.25) is 0 Å². The van der Waals surface area contributed by atoms with Crippen LogP contribution in [0, 0.1) is 11.8 Å². The number of fused-ring (bicyclic) bond motifs is 2. The van der Waals surface area contributed by atoms with E-state index in [2.05, 4.69) is 37.3 Å². The van der Waals surface area contributed by atoms with E-state index in [1.165, 1.54) is 6.33 Å². The number of benzene rings is 1. The first-order valence-electron chi connectivity index (χ1n) is 9.39. The largest absolute Gasteiger partial charge is 0.383 e. The lowest BCUT2D eigenvalue weighted by Gasteiger charge is -2.10. The highest BCUT2D eigenvalue weighted by Gasteiger charge is 2.28. The molecule has 4 heterocycles. The predicted octanol–water partition coefficient (Wildman–Crippen LogP) is 1.66. The monoisotopic (exact) mass is 424 g/mol. The molecule has 0 spiro atoms. The van der Waals surface area contributed by atoms with Crippen molar-refractivity contribution in [3.8, 4) is 11.8 Å². The number of ether oxygens (including phenoxy) is 1. The molecule has 0 aliphatic carbocycles. The summed E-state index contributed by atoms with van der Waals surface area (Å²) in [5.41, 5.74) is 9.29. The normalized spacial score (nSPS) is 18.3. The highest BCUT2D eigenvalue weighted by molar-refractivity contribution is 5.90. The van der Waals surface area contributed by atoms with Gasteiger partial charge in [0.25, 0.3) is 0 Å². The molecule has 30 heavy (non-hydrogen) atoms. The van der Waals surface area contributed by atoms with Crippen molar-refractivity contribution in [2.75, 3.05) is 26.0 Å². The summed E-state index contributed by atoms with van der Waals surface area (Å²) in [6.45, 7) is 1.45. The van der Waals surface area contributed by atoms with E-state index in [4.69, 9.17) is 15.6 Å². The van der Waals surface area contributed by atoms with E-state index >= 15 is 0 Å². The first kappa shape index (κ1) is 20.1. The van der Waals surface area contributed by atoms with Gasteiger partial charge in [-0.25, -0.2) is 14.6 Å². The molecule has 1 aromatic carbocycles. The molecule has 4 N–H and O–H groups in total. The zero-order chi connectivity index (χ0) is 19.8. The Labute approximate surface area is 178 Å². The van der Waals surface area contributed by atoms with Crippen LogP contribution in [-0.2, 0) is 4.74 Å². The fourth-order valence-electron chi connectivity index (χ4n) is 3.80. The minimum atomic E-state index is 0. The van der Waals surface area contributed by atoms with Crippen LogP contribution in [0.4, 0.5) is 5.82 Å². The lowest BCUT2D eigenvalue weighted by Crippen LogP contribution is -2.25. The van der Waals surface area contributed by atoms with Gasteiger partial charge in [0.15, 0.2) is 5.65 Å². The average molecular weight is 425 g/mol. The van der Waals surface area contributed by atoms with Gasteiger partial charge in [-0.15, -0.1) is 12.4 Å². The number of H-pyrrole nitrogens is 1. The van der Waals surface area contributed by atoms with Crippen molar-refractivity contribution in [1.82, 2.24) is 35.3 Å². The van der Waals surface area contributed by atoms with Crippen molar-refractivity contribution < 1.29 is 4.74 Å². The van der Waals surface area contributed by atoms with Gasteiger partial charge < -0.3 is 15.8 Å². The number of hydrogen-bond acceptors (Lipinski definition) is 7. The number of nitrogen functional groups attached to an aromatic ring is 1. The Hall–Kier alpha value is -3.19. The maximum atomic E-state index is 6.15. The molecule has 1 aliphatic rings. The number of nitrogens with two attached hydrogens (primary N) is 1. The summed E-state index contributed by atoms with van der Waals surface area (Å²) in [6, 6.07) is 6.34. The zero-order valence-corrected chi connectivity index (χ0v) is 17.1. The second-order valence-electron chi connectivity index (χ2n) is 7.12. The van der Waals surface area contributed by atoms with Gasteiger partial charge in [-0.1, -0.05) is 5.92 Å². The van der Waals surface area contributed by atoms with Gasteiger partial charge in [0, 0.05) is 30.6 Å². The molecule has 2 atom stereocenters. The molecule has 0 saturated carbocycles. The van der Waals surface area contributed by atoms with Crippen molar-refractivity contribution in [1.29, 1.82) is 0 Å². The minimum Gasteiger partial charge on any atom is -0.383 e. The number of aromatic nitrogens is 6. The highest BCUT2D eigenvalue weighted by atomic mass is 35.5. The molecule has 4 aromatic rings. The van der Waals surface area contributed by atoms with Gasteiger partial charge in [0.1, 0.15) is 17.8 Å². The highest BCUT2D eigenvalue weighted by Crippen LogP contribution is 2.27. The lowest BCUT2D eigenvalue weighted by molar-refractivity contribution is 0.172. The van der Waals surface area contributed by atoms with Crippen molar-refractivity contribution >= 4 is 40.2 Å². The Balaban J connectivity index is 0.00000218. The van der Waals surface area contributed by atoms with Crippen molar-refractivity contribution in [2.45, 2.75) is 18.5 Å². The van der Waals surface area contributed by atoms with E-state index in [0.717, 1.165) is 29.4 Å². The predicted molar refractivity (Wildman–Crippen MR) is 116 cm³/mol. The van der Waals surface area contributed by atoms with E-state index in [1.807, 2.05) is 22.9 Å². The number of nitrogens with zero attached hydrogens (tertiary/aromatic N) is 5. The average Bonchev–Trinajstić information content (AvgIpc) is 3.45. The van der Waals surface area contributed by atoms with Crippen LogP contribution in [0.5, 0.6) is 0 Å². The lowest BCUT2D eigenvalue weighted by atomic mass is 10.1. The third-order valence-electron chi connectivity index (χ3n) is 5.20. The van der Waals surface area contributed by atoms with Gasteiger partial charge in [-0.3, -0.25) is 5.10 Å². The Morgan fingerprint density at radius 1 is 1.30 bits per heavy atom. The maximum Gasteiger partial charge on any atom is 0.164 e. The molecule has 154 valence electrons. The van der Waals surface area contributed by atoms with Crippen LogP contribution in [0.3, 0.4) is 0 Å². The summed E-state index contributed by atoms with van der Waals surface area (Å²) in [7, 11) is 1.71. The third kappa shape index (κ3) is 3.57. The molecule has 9 nitrogen and oxygen atoms in total. The number of rotatable bonds is 3. The molecule has 1 aliphatic heterocycles. The van der Waals surface area contributed by atoms with Crippen LogP contribution in [0.25, 0.3) is 21.9 Å². The second kappa shape index (κ2) is 8.28. The number of hydrogen-bond donors (Lipinski definition) is 3. The summed E-state index contributed by atoms with van der Waals surface area (Å²) in [5, 5.41) is 16.9. The number of methoxy groups -OCH3 is 1. The molecule has 10 heteroatoms. The first-order chi connectivity index (χ1) is 14.2. The van der Waals surface area contributed by atoms with Gasteiger partial charge in [0.2, 0.25) is 0 Å². The van der Waals surface area contributed by atoms with Crippen LogP contribution in [-0.4, -0.2) is 56.2 Å². The molecule has 1 fully saturated rings. The standard InChI is InChI=1S/C20H20N8O.ClH/c1-29-10-14-7-15(9-22-14)28-20-18(19(21)23-11-24-20)17(27-28)5-3-12-2-4-16-13(6-12)8-25-26-16;/h2,4,6,8,11,14-15,22H,7,9-10H2,1H3,(H,25,26)(H2,21,23,24);1H/t14-,15+;/m1./s1. The quantitative estimate of drug-likeness (QED) is 0.428. The Kier molecular flexibility index (Phi) is 5.55. The van der Waals surface area contributed by atoms with E-state index in [9.17, 15) is 0 Å². The number of anilines is 1. The number of aromatic amines is 1. The molecule has 5 rings (SSSR count). The molecular formula is C20H21ClN8O. The van der Waals surface area contributed by atoms with Crippen LogP contribution >= 0.6 is 12.4 Å². The molecular weight excluding hydrogens is 404 g/mol. The molecule has 0 unspecified atom stereocenters. The van der Waals surface area contributed by atoms with Crippen LogP contribution in [0.1, 0.15) is 23.7 Å². The molecule has 0 amide bonds. The molecule has 0 bridgehead atoms. The summed E-state index contributed by atoms with van der Waals surface area (Å²) in [6.07, 6.45) is 4.15. The topological polar surface area (TPSA) is 120 Å². The van der Waals surface area contributed by atoms with E-state index in [1.54, 1.807) is 13.3 Å². The van der Waals surface area contributed by atoms with E-state index in [0.29, 0.717) is 35.2 Å². The molecule has 0 radical (unpaired) electrons. The van der Waals surface area contributed by atoms with Crippen molar-refractivity contribution in [3.63, 3.8) is 0 Å². The Morgan fingerprint density at radius 2 is 2.20 bits per heavy atom. The summed E-state index contributed by atoms with van der Waals surface area (Å²) < 4.78 is 7.18. The van der Waals surface area contributed by atoms with Crippen molar-refractivity contribution in [2.24, 2.45) is 0 Å². The van der Waals surface area contributed by atoms with E-state index in [-0.39, 0.29) is 18.4 Å². The zero-order valence-electron chi connectivity index (χ0n) is 16.3. The first-order valence-corrected chi connectivity index (χ1v) is 9.39.